The van der Waals surface area contributed by atoms with Crippen molar-refractivity contribution in [3.05, 3.63) is 23.6 Å². The summed E-state index contributed by atoms with van der Waals surface area (Å²) < 4.78 is 4.93. The highest BCUT2D eigenvalue weighted by molar-refractivity contribution is 6.32. The van der Waals surface area contributed by atoms with Gasteiger partial charge in [0.05, 0.1) is 35.7 Å². The van der Waals surface area contributed by atoms with E-state index in [4.69, 9.17) is 27.2 Å². The number of aliphatic hydroxyl groups excluding tert-OH is 2. The first-order chi connectivity index (χ1) is 13.5. The van der Waals surface area contributed by atoms with Crippen molar-refractivity contribution >= 4 is 23.5 Å². The number of hydrogen-bond donors (Lipinski definition) is 3. The molecule has 4 N–H and O–H groups in total. The topological polar surface area (TPSA) is 131 Å². The van der Waals surface area contributed by atoms with E-state index in [1.54, 1.807) is 12.4 Å². The average Bonchev–Trinajstić information content (AvgIpc) is 2.71. The minimum absolute atomic E-state index is 0.151. The minimum atomic E-state index is -0.321. The molecule has 9 nitrogen and oxygen atoms in total. The summed E-state index contributed by atoms with van der Waals surface area (Å²) in [6, 6.07) is 0. The molecule has 0 amide bonds. The fourth-order valence-corrected chi connectivity index (χ4v) is 3.25. The summed E-state index contributed by atoms with van der Waals surface area (Å²) in [5, 5.41) is 18.9. The molecule has 4 heterocycles. The third-order valence-corrected chi connectivity index (χ3v) is 4.77. The Kier molecular flexibility index (Phi) is 7.32. The lowest BCUT2D eigenvalue weighted by Gasteiger charge is -2.29. The molecule has 28 heavy (non-hydrogen) atoms. The fourth-order valence-electron chi connectivity index (χ4n) is 3.05. The standard InChI is InChI=1S/C13H15ClN6O.C5H10O2/c14-10-6-16-12(15)19-11(10)8-4-17-13(18-5-8)20-3-1-2-9(21)7-20;6-5-2-1-3-7-4-5/h4-6,9,21H,1-3,7H2,(H2,15,16,19);5-6H,1-4H2. The number of piperidine rings is 1. The van der Waals surface area contributed by atoms with Gasteiger partial charge in [0.15, 0.2) is 0 Å². The summed E-state index contributed by atoms with van der Waals surface area (Å²) in [6.45, 7) is 2.77. The van der Waals surface area contributed by atoms with E-state index in [-0.39, 0.29) is 18.2 Å². The lowest BCUT2D eigenvalue weighted by Crippen LogP contribution is -2.39. The zero-order valence-corrected chi connectivity index (χ0v) is 16.3. The lowest BCUT2D eigenvalue weighted by atomic mass is 10.1. The molecule has 4 rings (SSSR count). The molecule has 2 aromatic rings. The zero-order valence-electron chi connectivity index (χ0n) is 15.5. The summed E-state index contributed by atoms with van der Waals surface area (Å²) >= 11 is 6.06. The highest BCUT2D eigenvalue weighted by Crippen LogP contribution is 2.25. The molecule has 0 spiro atoms. The number of aromatic nitrogens is 4. The first-order valence-electron chi connectivity index (χ1n) is 9.32. The van der Waals surface area contributed by atoms with Crippen molar-refractivity contribution < 1.29 is 14.9 Å². The summed E-state index contributed by atoms with van der Waals surface area (Å²) in [7, 11) is 0. The summed E-state index contributed by atoms with van der Waals surface area (Å²) in [5.41, 5.74) is 6.75. The third kappa shape index (κ3) is 5.71. The van der Waals surface area contributed by atoms with Gasteiger partial charge >= 0.3 is 0 Å². The summed E-state index contributed by atoms with van der Waals surface area (Å²) in [4.78, 5) is 18.5. The normalized spacial score (nSPS) is 22.3. The minimum Gasteiger partial charge on any atom is -0.391 e. The van der Waals surface area contributed by atoms with E-state index in [0.717, 1.165) is 38.8 Å². The Morgan fingerprint density at radius 3 is 2.43 bits per heavy atom. The first kappa shape index (κ1) is 20.7. The van der Waals surface area contributed by atoms with Gasteiger partial charge in [-0.3, -0.25) is 0 Å². The van der Waals surface area contributed by atoms with Crippen LogP contribution in [0.3, 0.4) is 0 Å². The van der Waals surface area contributed by atoms with Gasteiger partial charge in [-0.15, -0.1) is 0 Å². The van der Waals surface area contributed by atoms with Gasteiger partial charge in [-0.1, -0.05) is 11.6 Å². The molecule has 0 aliphatic carbocycles. The molecule has 10 heteroatoms. The van der Waals surface area contributed by atoms with E-state index >= 15 is 0 Å². The Labute approximate surface area is 168 Å². The maximum atomic E-state index is 9.69. The van der Waals surface area contributed by atoms with E-state index in [2.05, 4.69) is 19.9 Å². The van der Waals surface area contributed by atoms with Crippen LogP contribution in [0, 0.1) is 0 Å². The molecule has 152 valence electrons. The van der Waals surface area contributed by atoms with Gasteiger partial charge < -0.3 is 25.6 Å². The van der Waals surface area contributed by atoms with E-state index in [0.29, 0.717) is 35.4 Å². The average molecular weight is 409 g/mol. The molecule has 2 unspecified atom stereocenters. The molecule has 0 bridgehead atoms. The van der Waals surface area contributed by atoms with E-state index in [1.807, 2.05) is 4.90 Å². The summed E-state index contributed by atoms with van der Waals surface area (Å²) in [5.74, 6) is 0.744. The Morgan fingerprint density at radius 1 is 1.07 bits per heavy atom. The molecule has 2 atom stereocenters. The number of hydrogen-bond acceptors (Lipinski definition) is 9. The number of β-amino-alcohol motifs (C(OH)–C–C–N with tert-alkyl or cyclic N) is 1. The molecule has 0 radical (unpaired) electrons. The molecular formula is C18H25ClN6O3. The molecule has 2 fully saturated rings. The number of anilines is 2. The number of rotatable bonds is 2. The van der Waals surface area contributed by atoms with Crippen LogP contribution in [0.25, 0.3) is 11.3 Å². The van der Waals surface area contributed by atoms with Crippen molar-refractivity contribution in [3.8, 4) is 11.3 Å². The van der Waals surface area contributed by atoms with Crippen molar-refractivity contribution in [2.24, 2.45) is 0 Å². The number of nitrogen functional groups attached to an aromatic ring is 1. The largest absolute Gasteiger partial charge is 0.391 e. The molecule has 2 saturated heterocycles. The highest BCUT2D eigenvalue weighted by atomic mass is 35.5. The van der Waals surface area contributed by atoms with Crippen LogP contribution in [0.2, 0.25) is 5.02 Å². The monoisotopic (exact) mass is 408 g/mol. The molecular weight excluding hydrogens is 384 g/mol. The van der Waals surface area contributed by atoms with Crippen LogP contribution in [0.5, 0.6) is 0 Å². The Hall–Kier alpha value is -2.07. The van der Waals surface area contributed by atoms with Gasteiger partial charge in [-0.2, -0.15) is 0 Å². The number of ether oxygens (including phenoxy) is 1. The predicted molar refractivity (Wildman–Crippen MR) is 106 cm³/mol. The number of nitrogens with zero attached hydrogens (tertiary/aromatic N) is 5. The second-order valence-electron chi connectivity index (χ2n) is 6.81. The van der Waals surface area contributed by atoms with Gasteiger partial charge in [0.25, 0.3) is 0 Å². The van der Waals surface area contributed by atoms with Crippen molar-refractivity contribution in [3.63, 3.8) is 0 Å². The summed E-state index contributed by atoms with van der Waals surface area (Å²) in [6.07, 6.45) is 7.93. The van der Waals surface area contributed by atoms with Gasteiger partial charge in [0, 0.05) is 37.7 Å². The van der Waals surface area contributed by atoms with Crippen LogP contribution < -0.4 is 10.6 Å². The fraction of sp³-hybridized carbons (Fsp3) is 0.556. The lowest BCUT2D eigenvalue weighted by molar-refractivity contribution is -0.00535. The van der Waals surface area contributed by atoms with Crippen molar-refractivity contribution in [1.29, 1.82) is 0 Å². The van der Waals surface area contributed by atoms with Crippen LogP contribution in [0.1, 0.15) is 25.7 Å². The van der Waals surface area contributed by atoms with Crippen molar-refractivity contribution in [2.75, 3.05) is 36.9 Å². The second-order valence-corrected chi connectivity index (χ2v) is 7.22. The Morgan fingerprint density at radius 2 is 1.82 bits per heavy atom. The van der Waals surface area contributed by atoms with Gasteiger partial charge in [0.2, 0.25) is 11.9 Å². The van der Waals surface area contributed by atoms with Crippen LogP contribution >= 0.6 is 11.6 Å². The second kappa shape index (κ2) is 9.92. The first-order valence-corrected chi connectivity index (χ1v) is 9.70. The van der Waals surface area contributed by atoms with Gasteiger partial charge in [-0.05, 0) is 25.7 Å². The van der Waals surface area contributed by atoms with Crippen molar-refractivity contribution in [1.82, 2.24) is 19.9 Å². The maximum absolute atomic E-state index is 9.69. The number of nitrogens with two attached hydrogens (primary N) is 1. The Balaban J connectivity index is 0.000000271. The van der Waals surface area contributed by atoms with E-state index in [1.165, 1.54) is 6.20 Å². The molecule has 0 aromatic carbocycles. The molecule has 2 aromatic heterocycles. The van der Waals surface area contributed by atoms with Crippen LogP contribution in [0.15, 0.2) is 18.6 Å². The SMILES string of the molecule is Nc1ncc(Cl)c(-c2cnc(N3CCCC(O)C3)nc2)n1.OC1CCCOC1. The van der Waals surface area contributed by atoms with E-state index < -0.39 is 0 Å². The van der Waals surface area contributed by atoms with E-state index in [9.17, 15) is 5.11 Å². The van der Waals surface area contributed by atoms with Gasteiger partial charge in [-0.25, -0.2) is 19.9 Å². The van der Waals surface area contributed by atoms with Crippen molar-refractivity contribution in [2.45, 2.75) is 37.9 Å². The zero-order chi connectivity index (χ0) is 19.9. The van der Waals surface area contributed by atoms with Gasteiger partial charge in [0.1, 0.15) is 0 Å². The number of halogens is 1. The highest BCUT2D eigenvalue weighted by Gasteiger charge is 2.20. The quantitative estimate of drug-likeness (QED) is 0.672. The van der Waals surface area contributed by atoms with Crippen LogP contribution in [-0.4, -0.2) is 68.7 Å². The third-order valence-electron chi connectivity index (χ3n) is 4.49. The molecule has 0 saturated carbocycles. The maximum Gasteiger partial charge on any atom is 0.225 e. The Bertz CT molecular complexity index is 757. The predicted octanol–water partition coefficient (Wildman–Crippen LogP) is 1.29. The molecule has 2 aliphatic heterocycles. The number of aliphatic hydroxyl groups is 2. The molecule has 2 aliphatic rings. The van der Waals surface area contributed by atoms with Crippen LogP contribution in [0.4, 0.5) is 11.9 Å². The van der Waals surface area contributed by atoms with Crippen LogP contribution in [-0.2, 0) is 4.74 Å². The smallest absolute Gasteiger partial charge is 0.225 e.